The molecule has 0 saturated heterocycles. The van der Waals surface area contributed by atoms with Gasteiger partial charge in [-0.25, -0.2) is 0 Å². The smallest absolute Gasteiger partial charge is 1.00 e. The van der Waals surface area contributed by atoms with Crippen LogP contribution in [-0.2, 0) is 52.4 Å². The van der Waals surface area contributed by atoms with Crippen molar-refractivity contribution < 1.29 is 77.2 Å². The van der Waals surface area contributed by atoms with E-state index in [9.17, 15) is 0 Å². The first-order valence-electron chi connectivity index (χ1n) is 14.6. The number of hydrogen-bond donors (Lipinski definition) is 0. The number of hydrogen-bond acceptors (Lipinski definition) is 0. The van der Waals surface area contributed by atoms with Crippen LogP contribution in [0.1, 0.15) is 0 Å². The minimum absolute atomic E-state index is 0. The Bertz CT molecular complexity index is 1430. The zero-order valence-corrected chi connectivity index (χ0v) is 35.8. The zero-order chi connectivity index (χ0) is 29.8. The van der Waals surface area contributed by atoms with Gasteiger partial charge in [0, 0.05) is 19.0 Å². The Morgan fingerprint density at radius 3 is 0.674 bits per heavy atom. The third-order valence-corrected chi connectivity index (χ3v) is 6.19. The van der Waals surface area contributed by atoms with E-state index in [0.29, 0.717) is 0 Å². The maximum atomic E-state index is 2.21. The molecule has 0 aliphatic rings. The summed E-state index contributed by atoms with van der Waals surface area (Å²) in [5.74, 6) is 0. The number of halogens is 2. The molecule has 8 aromatic rings. The van der Waals surface area contributed by atoms with Crippen LogP contribution in [0.2, 0.25) is 26.2 Å². The largest absolute Gasteiger partial charge is 3.00 e. The summed E-state index contributed by atoms with van der Waals surface area (Å²) in [6.07, 6.45) is 0. The normalized spacial score (nSPS) is 8.78. The first-order valence-corrected chi connectivity index (χ1v) is 19.2. The molecule has 46 heavy (non-hydrogen) atoms. The summed E-state index contributed by atoms with van der Waals surface area (Å²) in [6, 6.07) is 58.7. The quantitative estimate of drug-likeness (QED) is 0.144. The summed E-state index contributed by atoms with van der Waals surface area (Å²) in [4.78, 5) is 0. The molecule has 0 atom stereocenters. The third kappa shape index (κ3) is 16.3. The van der Waals surface area contributed by atoms with Crippen LogP contribution in [0.25, 0.3) is 43.1 Å². The molecule has 0 N–H and O–H groups in total. The summed E-state index contributed by atoms with van der Waals surface area (Å²) in [5, 5.41) is 10.6. The van der Waals surface area contributed by atoms with Gasteiger partial charge < -0.3 is 24.8 Å². The second-order valence-corrected chi connectivity index (χ2v) is 12.1. The molecule has 0 spiro atoms. The van der Waals surface area contributed by atoms with Crippen molar-refractivity contribution in [1.29, 1.82) is 0 Å². The molecular weight excluding hydrogens is 790 g/mol. The van der Waals surface area contributed by atoms with Crippen LogP contribution in [0, 0.1) is 0 Å². The Labute approximate surface area is 332 Å². The van der Waals surface area contributed by atoms with Crippen molar-refractivity contribution in [2.45, 2.75) is 26.2 Å². The maximum Gasteiger partial charge on any atom is 3.00 e. The van der Waals surface area contributed by atoms with Crippen molar-refractivity contribution >= 4 is 62.1 Å². The van der Waals surface area contributed by atoms with E-state index in [2.05, 4.69) is 196 Å². The molecule has 0 amide bonds. The molecule has 0 saturated carbocycles. The van der Waals surface area contributed by atoms with E-state index in [1.54, 1.807) is 0 Å². The van der Waals surface area contributed by atoms with Gasteiger partial charge in [-0.3, -0.25) is 0 Å². The van der Waals surface area contributed by atoms with Crippen molar-refractivity contribution in [2.75, 3.05) is 0 Å². The topological polar surface area (TPSA) is 0 Å². The van der Waals surface area contributed by atoms with Crippen LogP contribution in [0.4, 0.5) is 0 Å². The van der Waals surface area contributed by atoms with Gasteiger partial charge in [0.1, 0.15) is 0 Å². The fraction of sp³-hybridized carbons (Fsp3) is 0.100. The minimum Gasteiger partial charge on any atom is -1.00 e. The molecule has 0 unspecified atom stereocenters. The Balaban J connectivity index is 0. The van der Waals surface area contributed by atoms with Crippen molar-refractivity contribution in [2.24, 2.45) is 0 Å². The molecule has 0 heterocycles. The Kier molecular flexibility index (Phi) is 28.3. The Hall–Kier alpha value is -1.90. The molecule has 0 nitrogen and oxygen atoms in total. The van der Waals surface area contributed by atoms with E-state index < -0.39 is 0 Å². The van der Waals surface area contributed by atoms with E-state index in [4.69, 9.17) is 0 Å². The molecule has 0 aromatic heterocycles. The van der Waals surface area contributed by atoms with Gasteiger partial charge in [-0.05, 0) is 0 Å². The van der Waals surface area contributed by atoms with Gasteiger partial charge in [0.2, 0.25) is 0 Å². The average Bonchev–Trinajstić information content (AvgIpc) is 3.85. The Morgan fingerprint density at radius 1 is 0.326 bits per heavy atom. The van der Waals surface area contributed by atoms with Crippen molar-refractivity contribution in [3.63, 3.8) is 0 Å². The summed E-state index contributed by atoms with van der Waals surface area (Å²) in [7, 11) is 1.50. The summed E-state index contributed by atoms with van der Waals surface area (Å²) >= 11 is 0. The maximum absolute atomic E-state index is 2.21. The second-order valence-electron chi connectivity index (χ2n) is 9.77. The predicted octanol–water partition coefficient (Wildman–Crippen LogP) is 5.28. The minimum atomic E-state index is 0. The molecule has 8 rings (SSSR count). The number of rotatable bonds is 0. The van der Waals surface area contributed by atoms with Crippen LogP contribution in [0.5, 0.6) is 0 Å². The molecule has 8 aromatic carbocycles. The van der Waals surface area contributed by atoms with Crippen LogP contribution < -0.4 is 24.8 Å². The van der Waals surface area contributed by atoms with Gasteiger partial charge in [0.15, 0.2) is 0 Å². The van der Waals surface area contributed by atoms with Crippen LogP contribution >= 0.6 is 0 Å². The van der Waals surface area contributed by atoms with Crippen LogP contribution in [0.3, 0.4) is 0 Å². The average molecular weight is 832 g/mol. The number of benzene rings is 4. The summed E-state index contributed by atoms with van der Waals surface area (Å²) in [6.45, 7) is 8.83. The molecule has 0 aliphatic carbocycles. The predicted molar refractivity (Wildman–Crippen MR) is 196 cm³/mol. The van der Waals surface area contributed by atoms with E-state index in [1.807, 2.05) is 0 Å². The second kappa shape index (κ2) is 28.1. The fourth-order valence-corrected chi connectivity index (χ4v) is 4.28. The van der Waals surface area contributed by atoms with E-state index in [1.165, 1.54) is 43.1 Å². The molecule has 6 heteroatoms. The van der Waals surface area contributed by atoms with Crippen molar-refractivity contribution in [1.82, 2.24) is 0 Å². The van der Waals surface area contributed by atoms with E-state index in [-0.39, 0.29) is 77.2 Å². The summed E-state index contributed by atoms with van der Waals surface area (Å²) < 4.78 is 0. The van der Waals surface area contributed by atoms with Crippen LogP contribution in [0.15, 0.2) is 170 Å². The first kappa shape index (κ1) is 46.2. The molecule has 4 radical (unpaired) electrons. The molecular formula is C40H42Cl2Si2Zr2. The van der Waals surface area contributed by atoms with Gasteiger partial charge >= 0.3 is 52.4 Å². The monoisotopic (exact) mass is 828 g/mol. The van der Waals surface area contributed by atoms with E-state index >= 15 is 0 Å². The van der Waals surface area contributed by atoms with Gasteiger partial charge in [0.05, 0.1) is 0 Å². The third-order valence-electron chi connectivity index (χ3n) is 6.19. The standard InChI is InChI=1S/4C9H7.2C2H7Si.2ClH.2Zr/c4*1-2-5-9-7-3-6-8(9)4-1;2*1-3-2;;;;/h4*1-7H;2*3H,1-2H3;2*1H;;/q4*-1;;;;;2*+3/p-2. The molecule has 0 aliphatic heterocycles. The van der Waals surface area contributed by atoms with Gasteiger partial charge in [-0.1, -0.05) is 50.5 Å². The summed E-state index contributed by atoms with van der Waals surface area (Å²) in [5.41, 5.74) is 0. The Morgan fingerprint density at radius 2 is 0.500 bits per heavy atom. The molecule has 0 fully saturated rings. The number of fused-ring (bicyclic) bond motifs is 4. The fourth-order valence-electron chi connectivity index (χ4n) is 4.28. The van der Waals surface area contributed by atoms with Gasteiger partial charge in [0.25, 0.3) is 0 Å². The van der Waals surface area contributed by atoms with Gasteiger partial charge in [-0.15, -0.1) is 119 Å². The molecule has 232 valence electrons. The zero-order valence-electron chi connectivity index (χ0n) is 27.1. The van der Waals surface area contributed by atoms with E-state index in [0.717, 1.165) is 19.0 Å². The van der Waals surface area contributed by atoms with Crippen molar-refractivity contribution in [3.05, 3.63) is 170 Å². The van der Waals surface area contributed by atoms with Crippen molar-refractivity contribution in [3.8, 4) is 0 Å². The molecule has 0 bridgehead atoms. The van der Waals surface area contributed by atoms with Crippen LogP contribution in [-0.4, -0.2) is 19.0 Å². The first-order chi connectivity index (χ1) is 20.7. The SMILES string of the molecule is C[SiH]C.C[SiH]C.[Cl-].[Cl-].[Zr+3].[Zr+3].c1ccc2[cH-]ccc2c1.c1ccc2[cH-]ccc2c1.c1ccc2[cH-]ccc2c1.c1ccc2[cH-]ccc2c1. The van der Waals surface area contributed by atoms with Gasteiger partial charge in [-0.2, -0.15) is 70.1 Å².